The van der Waals surface area contributed by atoms with Crippen LogP contribution in [0.15, 0.2) is 36.4 Å². The van der Waals surface area contributed by atoms with Gasteiger partial charge in [-0.25, -0.2) is 9.97 Å². The van der Waals surface area contributed by atoms with E-state index in [-0.39, 0.29) is 0 Å². The van der Waals surface area contributed by atoms with E-state index in [4.69, 9.17) is 0 Å². The number of para-hydroxylation sites is 1. The van der Waals surface area contributed by atoms with Gasteiger partial charge >= 0.3 is 0 Å². The first kappa shape index (κ1) is 16.6. The monoisotopic (exact) mass is 322 g/mol. The molecule has 0 unspecified atom stereocenters. The molecule has 1 aliphatic carbocycles. The fourth-order valence-corrected chi connectivity index (χ4v) is 3.39. The predicted molar refractivity (Wildman–Crippen MR) is 99.2 cm³/mol. The summed E-state index contributed by atoms with van der Waals surface area (Å²) in [5, 5.41) is 5.35. The molecule has 2 aromatic heterocycles. The third-order valence-corrected chi connectivity index (χ3v) is 4.75. The van der Waals surface area contributed by atoms with Crippen LogP contribution >= 0.6 is 0 Å². The Balaban J connectivity index is 0.000000162. The molecule has 1 aromatic carbocycles. The minimum atomic E-state index is 0.774. The predicted octanol–water partition coefficient (Wildman–Crippen LogP) is 5.04. The fourth-order valence-electron chi connectivity index (χ4n) is 3.39. The third-order valence-electron chi connectivity index (χ3n) is 4.75. The second-order valence-corrected chi connectivity index (χ2v) is 6.75. The first-order valence-corrected chi connectivity index (χ1v) is 8.80. The van der Waals surface area contributed by atoms with E-state index in [1.807, 2.05) is 38.1 Å². The van der Waals surface area contributed by atoms with Gasteiger partial charge in [0.2, 0.25) is 0 Å². The summed E-state index contributed by atoms with van der Waals surface area (Å²) in [5.41, 5.74) is 3.25. The summed E-state index contributed by atoms with van der Waals surface area (Å²) >= 11 is 0. The van der Waals surface area contributed by atoms with Crippen LogP contribution in [0.5, 0.6) is 0 Å². The highest BCUT2D eigenvalue weighted by atomic mass is 15.3. The molecule has 0 amide bonds. The Hall–Kier alpha value is -2.23. The summed E-state index contributed by atoms with van der Waals surface area (Å²) in [4.78, 5) is 8.89. The van der Waals surface area contributed by atoms with E-state index in [2.05, 4.69) is 28.6 Å². The Bertz CT molecular complexity index is 857. The summed E-state index contributed by atoms with van der Waals surface area (Å²) in [6.45, 7) is 9.97. The maximum Gasteiger partial charge on any atom is 0.167 e. The van der Waals surface area contributed by atoms with Gasteiger partial charge in [0.25, 0.3) is 0 Å². The number of aryl methyl sites for hydroxylation is 2. The lowest BCUT2D eigenvalue weighted by molar-refractivity contribution is 0.404. The Morgan fingerprint density at radius 3 is 2.46 bits per heavy atom. The molecule has 2 heterocycles. The second kappa shape index (κ2) is 7.12. The standard InChI is InChI=1S/C11H10N4.C9H16/c1-7-12-11-9-5-3-4-6-10(9)13-8(2)15(11)14-7;1-8(2)9-6-4-3-5-7-9/h3-6H,1-2H3;9H,1,3-7H2,2H3. The average Bonchev–Trinajstić information content (AvgIpc) is 2.99. The molecule has 0 atom stereocenters. The number of rotatable bonds is 1. The molecule has 4 rings (SSSR count). The molecule has 1 aliphatic rings. The van der Waals surface area contributed by atoms with Crippen LogP contribution in [-0.2, 0) is 0 Å². The van der Waals surface area contributed by atoms with E-state index in [1.165, 1.54) is 37.7 Å². The van der Waals surface area contributed by atoms with Gasteiger partial charge in [-0.3, -0.25) is 0 Å². The average molecular weight is 322 g/mol. The van der Waals surface area contributed by atoms with Gasteiger partial charge < -0.3 is 0 Å². The molecular formula is C20H26N4. The summed E-state index contributed by atoms with van der Waals surface area (Å²) in [6.07, 6.45) is 7.10. The molecule has 1 fully saturated rings. The lowest BCUT2D eigenvalue weighted by atomic mass is 9.85. The van der Waals surface area contributed by atoms with Crippen LogP contribution in [0.4, 0.5) is 0 Å². The number of hydrogen-bond acceptors (Lipinski definition) is 3. The van der Waals surface area contributed by atoms with Crippen molar-refractivity contribution in [3.05, 3.63) is 48.1 Å². The lowest BCUT2D eigenvalue weighted by Crippen LogP contribution is -2.05. The van der Waals surface area contributed by atoms with Crippen molar-refractivity contribution in [1.29, 1.82) is 0 Å². The minimum Gasteiger partial charge on any atom is -0.233 e. The van der Waals surface area contributed by atoms with Crippen LogP contribution < -0.4 is 0 Å². The molecule has 0 N–H and O–H groups in total. The Morgan fingerprint density at radius 2 is 1.79 bits per heavy atom. The van der Waals surface area contributed by atoms with Crippen LogP contribution in [0, 0.1) is 19.8 Å². The van der Waals surface area contributed by atoms with Crippen LogP contribution in [-0.4, -0.2) is 19.6 Å². The molecule has 0 aliphatic heterocycles. The van der Waals surface area contributed by atoms with Crippen LogP contribution in [0.3, 0.4) is 0 Å². The first-order chi connectivity index (χ1) is 11.6. The zero-order valence-electron chi connectivity index (χ0n) is 14.9. The second-order valence-electron chi connectivity index (χ2n) is 6.75. The number of hydrogen-bond donors (Lipinski definition) is 0. The highest BCUT2D eigenvalue weighted by Gasteiger charge is 2.12. The molecule has 1 saturated carbocycles. The van der Waals surface area contributed by atoms with Gasteiger partial charge in [-0.2, -0.15) is 4.52 Å². The van der Waals surface area contributed by atoms with Crippen molar-refractivity contribution in [2.45, 2.75) is 52.9 Å². The molecule has 4 nitrogen and oxygen atoms in total. The first-order valence-electron chi connectivity index (χ1n) is 8.80. The molecular weight excluding hydrogens is 296 g/mol. The van der Waals surface area contributed by atoms with E-state index in [9.17, 15) is 0 Å². The van der Waals surface area contributed by atoms with Gasteiger partial charge in [0, 0.05) is 5.39 Å². The van der Waals surface area contributed by atoms with Crippen LogP contribution in [0.2, 0.25) is 0 Å². The smallest absolute Gasteiger partial charge is 0.167 e. The topological polar surface area (TPSA) is 43.1 Å². The number of nitrogens with zero attached hydrogens (tertiary/aromatic N) is 4. The van der Waals surface area contributed by atoms with Crippen molar-refractivity contribution in [3.8, 4) is 0 Å². The van der Waals surface area contributed by atoms with Crippen molar-refractivity contribution >= 4 is 16.6 Å². The zero-order valence-corrected chi connectivity index (χ0v) is 14.9. The summed E-state index contributed by atoms with van der Waals surface area (Å²) < 4.78 is 1.79. The summed E-state index contributed by atoms with van der Waals surface area (Å²) in [7, 11) is 0. The number of fused-ring (bicyclic) bond motifs is 3. The van der Waals surface area contributed by atoms with Gasteiger partial charge in [0.1, 0.15) is 11.6 Å². The molecule has 0 radical (unpaired) electrons. The van der Waals surface area contributed by atoms with E-state index in [0.717, 1.165) is 34.1 Å². The maximum atomic E-state index is 4.48. The quantitative estimate of drug-likeness (QED) is 0.590. The third kappa shape index (κ3) is 3.48. The SMILES string of the molecule is C=C(C)C1CCCCC1.Cc1nc2c3ccccc3nc(C)n2n1. The molecule has 0 bridgehead atoms. The van der Waals surface area contributed by atoms with Gasteiger partial charge in [0.05, 0.1) is 5.52 Å². The maximum absolute atomic E-state index is 4.48. The highest BCUT2D eigenvalue weighted by molar-refractivity contribution is 5.91. The molecule has 4 heteroatoms. The van der Waals surface area contributed by atoms with E-state index in [1.54, 1.807) is 4.52 Å². The largest absolute Gasteiger partial charge is 0.233 e. The molecule has 3 aromatic rings. The Morgan fingerprint density at radius 1 is 1.08 bits per heavy atom. The van der Waals surface area contributed by atoms with Gasteiger partial charge in [-0.15, -0.1) is 5.10 Å². The van der Waals surface area contributed by atoms with Gasteiger partial charge in [-0.1, -0.05) is 43.5 Å². The van der Waals surface area contributed by atoms with Crippen LogP contribution in [0.25, 0.3) is 16.6 Å². The highest BCUT2D eigenvalue weighted by Crippen LogP contribution is 2.28. The Kier molecular flexibility index (Phi) is 4.93. The van der Waals surface area contributed by atoms with Crippen LogP contribution in [0.1, 0.15) is 50.7 Å². The Labute approximate surface area is 143 Å². The normalized spacial score (nSPS) is 15.3. The van der Waals surface area contributed by atoms with E-state index in [0.29, 0.717) is 0 Å². The van der Waals surface area contributed by atoms with Gasteiger partial charge in [0.15, 0.2) is 5.65 Å². The fraction of sp³-hybridized carbons (Fsp3) is 0.450. The number of benzene rings is 1. The zero-order chi connectivity index (χ0) is 17.1. The molecule has 0 spiro atoms. The van der Waals surface area contributed by atoms with Crippen molar-refractivity contribution in [3.63, 3.8) is 0 Å². The van der Waals surface area contributed by atoms with E-state index >= 15 is 0 Å². The van der Waals surface area contributed by atoms with Gasteiger partial charge in [-0.05, 0) is 51.7 Å². The number of aromatic nitrogens is 4. The lowest BCUT2D eigenvalue weighted by Gasteiger charge is -2.21. The van der Waals surface area contributed by atoms with Crippen molar-refractivity contribution in [2.75, 3.05) is 0 Å². The summed E-state index contributed by atoms with van der Waals surface area (Å²) in [6, 6.07) is 7.98. The summed E-state index contributed by atoms with van der Waals surface area (Å²) in [5.74, 6) is 2.50. The van der Waals surface area contributed by atoms with Crippen molar-refractivity contribution in [1.82, 2.24) is 19.6 Å². The van der Waals surface area contributed by atoms with E-state index < -0.39 is 0 Å². The minimum absolute atomic E-state index is 0.774. The van der Waals surface area contributed by atoms with Crippen molar-refractivity contribution < 1.29 is 0 Å². The molecule has 0 saturated heterocycles. The molecule has 24 heavy (non-hydrogen) atoms. The molecule has 126 valence electrons. The number of allylic oxidation sites excluding steroid dienone is 1. The van der Waals surface area contributed by atoms with Crippen molar-refractivity contribution in [2.24, 2.45) is 5.92 Å².